The first-order valence-corrected chi connectivity index (χ1v) is 8.54. The summed E-state index contributed by atoms with van der Waals surface area (Å²) in [5.41, 5.74) is 0.593. The van der Waals surface area contributed by atoms with Crippen LogP contribution in [-0.4, -0.2) is 39.8 Å². The fourth-order valence-corrected chi connectivity index (χ4v) is 3.48. The summed E-state index contributed by atoms with van der Waals surface area (Å²) in [5.74, 6) is -0.0882. The van der Waals surface area contributed by atoms with Gasteiger partial charge in [0.2, 0.25) is 10.3 Å². The number of nitrogens with one attached hydrogen (secondary N) is 1. The SMILES string of the molecule is CC(C)NC(=O)c1cccn1-c1nnc(N2CCCCC2)s1. The Hall–Kier alpha value is -1.89. The van der Waals surface area contributed by atoms with E-state index in [0.29, 0.717) is 5.69 Å². The Morgan fingerprint density at radius 1 is 1.23 bits per heavy atom. The van der Waals surface area contributed by atoms with Crippen LogP contribution in [0.1, 0.15) is 43.6 Å². The second-order valence-electron chi connectivity index (χ2n) is 5.81. The first kappa shape index (κ1) is 15.0. The van der Waals surface area contributed by atoms with Gasteiger partial charge in [-0.25, -0.2) is 0 Å². The fourth-order valence-electron chi connectivity index (χ4n) is 2.59. The molecule has 0 aromatic carbocycles. The average Bonchev–Trinajstić information content (AvgIpc) is 3.16. The van der Waals surface area contributed by atoms with Gasteiger partial charge in [-0.1, -0.05) is 11.3 Å². The van der Waals surface area contributed by atoms with Crippen molar-refractivity contribution in [1.82, 2.24) is 20.1 Å². The molecule has 1 saturated heterocycles. The molecule has 0 radical (unpaired) electrons. The van der Waals surface area contributed by atoms with Gasteiger partial charge in [0.25, 0.3) is 5.91 Å². The Bertz CT molecular complexity index is 642. The highest BCUT2D eigenvalue weighted by molar-refractivity contribution is 7.17. The number of nitrogens with zero attached hydrogens (tertiary/aromatic N) is 4. The summed E-state index contributed by atoms with van der Waals surface area (Å²) in [6.45, 7) is 5.98. The molecule has 2 aromatic heterocycles. The molecule has 7 heteroatoms. The van der Waals surface area contributed by atoms with E-state index in [0.717, 1.165) is 23.4 Å². The van der Waals surface area contributed by atoms with E-state index < -0.39 is 0 Å². The van der Waals surface area contributed by atoms with Crippen LogP contribution in [0.2, 0.25) is 0 Å². The Labute approximate surface area is 134 Å². The smallest absolute Gasteiger partial charge is 0.268 e. The van der Waals surface area contributed by atoms with Crippen LogP contribution in [0.4, 0.5) is 5.13 Å². The monoisotopic (exact) mass is 319 g/mol. The largest absolute Gasteiger partial charge is 0.349 e. The summed E-state index contributed by atoms with van der Waals surface area (Å²) in [6, 6.07) is 3.77. The molecular weight excluding hydrogens is 298 g/mol. The topological polar surface area (TPSA) is 63.1 Å². The third-order valence-electron chi connectivity index (χ3n) is 3.64. The predicted octanol–water partition coefficient (Wildman–Crippen LogP) is 2.46. The molecule has 22 heavy (non-hydrogen) atoms. The molecule has 0 bridgehead atoms. The van der Waals surface area contributed by atoms with Crippen molar-refractivity contribution in [1.29, 1.82) is 0 Å². The molecule has 1 aliphatic rings. The van der Waals surface area contributed by atoms with Crippen molar-refractivity contribution in [3.05, 3.63) is 24.0 Å². The Balaban J connectivity index is 1.81. The molecule has 1 aliphatic heterocycles. The Morgan fingerprint density at radius 2 is 1.95 bits per heavy atom. The van der Waals surface area contributed by atoms with Gasteiger partial charge < -0.3 is 10.2 Å². The number of piperidine rings is 1. The minimum atomic E-state index is -0.0882. The quantitative estimate of drug-likeness (QED) is 0.940. The molecule has 0 atom stereocenters. The van der Waals surface area contributed by atoms with E-state index in [4.69, 9.17) is 0 Å². The zero-order valence-electron chi connectivity index (χ0n) is 13.0. The van der Waals surface area contributed by atoms with Crippen molar-refractivity contribution in [3.63, 3.8) is 0 Å². The number of hydrogen-bond donors (Lipinski definition) is 1. The van der Waals surface area contributed by atoms with Crippen LogP contribution in [0, 0.1) is 0 Å². The van der Waals surface area contributed by atoms with Crippen molar-refractivity contribution < 1.29 is 4.79 Å². The summed E-state index contributed by atoms with van der Waals surface area (Å²) in [7, 11) is 0. The summed E-state index contributed by atoms with van der Waals surface area (Å²) in [4.78, 5) is 14.5. The van der Waals surface area contributed by atoms with E-state index in [2.05, 4.69) is 20.4 Å². The highest BCUT2D eigenvalue weighted by atomic mass is 32.1. The molecule has 1 fully saturated rings. The zero-order valence-corrected chi connectivity index (χ0v) is 13.8. The molecule has 0 spiro atoms. The van der Waals surface area contributed by atoms with Gasteiger partial charge in [0.15, 0.2) is 0 Å². The van der Waals surface area contributed by atoms with Crippen LogP contribution in [0.5, 0.6) is 0 Å². The number of carbonyl (C=O) groups is 1. The van der Waals surface area contributed by atoms with Gasteiger partial charge in [0.1, 0.15) is 5.69 Å². The third kappa shape index (κ3) is 3.14. The lowest BCUT2D eigenvalue weighted by molar-refractivity contribution is 0.0936. The molecule has 6 nitrogen and oxygen atoms in total. The van der Waals surface area contributed by atoms with Crippen LogP contribution in [0.3, 0.4) is 0 Å². The summed E-state index contributed by atoms with van der Waals surface area (Å²) >= 11 is 1.53. The zero-order chi connectivity index (χ0) is 15.5. The highest BCUT2D eigenvalue weighted by Crippen LogP contribution is 2.26. The molecule has 3 rings (SSSR count). The van der Waals surface area contributed by atoms with E-state index in [-0.39, 0.29) is 11.9 Å². The number of aromatic nitrogens is 3. The van der Waals surface area contributed by atoms with Crippen molar-refractivity contribution in [2.75, 3.05) is 18.0 Å². The molecule has 1 amide bonds. The lowest BCUT2D eigenvalue weighted by atomic mass is 10.1. The minimum Gasteiger partial charge on any atom is -0.349 e. The molecular formula is C15H21N5OS. The summed E-state index contributed by atoms with van der Waals surface area (Å²) in [5, 5.41) is 13.2. The average molecular weight is 319 g/mol. The van der Waals surface area contributed by atoms with Crippen LogP contribution in [-0.2, 0) is 0 Å². The third-order valence-corrected chi connectivity index (χ3v) is 4.62. The van der Waals surface area contributed by atoms with E-state index in [1.165, 1.54) is 30.6 Å². The Morgan fingerprint density at radius 3 is 2.68 bits per heavy atom. The van der Waals surface area contributed by atoms with Crippen LogP contribution in [0.25, 0.3) is 5.13 Å². The molecule has 0 aliphatic carbocycles. The molecule has 0 saturated carbocycles. The predicted molar refractivity (Wildman–Crippen MR) is 87.9 cm³/mol. The lowest BCUT2D eigenvalue weighted by Crippen LogP contribution is -2.31. The molecule has 3 heterocycles. The maximum Gasteiger partial charge on any atom is 0.268 e. The molecule has 1 N–H and O–H groups in total. The number of amides is 1. The number of carbonyl (C=O) groups excluding carboxylic acids is 1. The van der Waals surface area contributed by atoms with E-state index in [1.54, 1.807) is 6.07 Å². The maximum atomic E-state index is 12.2. The standard InChI is InChI=1S/C15H21N5OS/c1-11(2)16-13(21)12-7-6-10-20(12)15-18-17-14(22-15)19-8-4-3-5-9-19/h6-7,10-11H,3-5,8-9H2,1-2H3,(H,16,21). The van der Waals surface area contributed by atoms with Crippen molar-refractivity contribution in [2.24, 2.45) is 0 Å². The second kappa shape index (κ2) is 6.48. The normalized spacial score (nSPS) is 15.3. The first-order chi connectivity index (χ1) is 10.6. The highest BCUT2D eigenvalue weighted by Gasteiger charge is 2.19. The van der Waals surface area contributed by atoms with Crippen molar-refractivity contribution in [3.8, 4) is 5.13 Å². The number of anilines is 1. The molecule has 2 aromatic rings. The maximum absolute atomic E-state index is 12.2. The van der Waals surface area contributed by atoms with Gasteiger partial charge in [0.05, 0.1) is 0 Å². The Kier molecular flexibility index (Phi) is 4.42. The van der Waals surface area contributed by atoms with Crippen LogP contribution in [0.15, 0.2) is 18.3 Å². The molecule has 0 unspecified atom stereocenters. The minimum absolute atomic E-state index is 0.0882. The number of rotatable bonds is 4. The van der Waals surface area contributed by atoms with Crippen LogP contribution >= 0.6 is 11.3 Å². The van der Waals surface area contributed by atoms with Crippen molar-refractivity contribution >= 4 is 22.4 Å². The fraction of sp³-hybridized carbons (Fsp3) is 0.533. The van der Waals surface area contributed by atoms with Gasteiger partial charge >= 0.3 is 0 Å². The second-order valence-corrected chi connectivity index (χ2v) is 6.74. The van der Waals surface area contributed by atoms with Gasteiger partial charge in [0, 0.05) is 25.3 Å². The summed E-state index contributed by atoms with van der Waals surface area (Å²) in [6.07, 6.45) is 5.57. The van der Waals surface area contributed by atoms with E-state index in [9.17, 15) is 4.79 Å². The van der Waals surface area contributed by atoms with E-state index >= 15 is 0 Å². The van der Waals surface area contributed by atoms with Gasteiger partial charge in [-0.05, 0) is 45.2 Å². The van der Waals surface area contributed by atoms with Crippen molar-refractivity contribution in [2.45, 2.75) is 39.2 Å². The first-order valence-electron chi connectivity index (χ1n) is 7.72. The van der Waals surface area contributed by atoms with Gasteiger partial charge in [-0.2, -0.15) is 0 Å². The van der Waals surface area contributed by atoms with E-state index in [1.807, 2.05) is 30.7 Å². The van der Waals surface area contributed by atoms with Gasteiger partial charge in [-0.3, -0.25) is 9.36 Å². The number of hydrogen-bond acceptors (Lipinski definition) is 5. The molecule has 118 valence electrons. The lowest BCUT2D eigenvalue weighted by Gasteiger charge is -2.25. The summed E-state index contributed by atoms with van der Waals surface area (Å²) < 4.78 is 1.81. The van der Waals surface area contributed by atoms with Crippen LogP contribution < -0.4 is 10.2 Å². The van der Waals surface area contributed by atoms with Gasteiger partial charge in [-0.15, -0.1) is 10.2 Å².